The van der Waals surface area contributed by atoms with Crippen LogP contribution in [0, 0.1) is 5.41 Å². The van der Waals surface area contributed by atoms with Gasteiger partial charge in [-0.1, -0.05) is 12.1 Å². The van der Waals surface area contributed by atoms with Gasteiger partial charge < -0.3 is 20.1 Å². The summed E-state index contributed by atoms with van der Waals surface area (Å²) in [6.45, 7) is 0.734. The van der Waals surface area contributed by atoms with Crippen LogP contribution >= 0.6 is 0 Å². The minimum atomic E-state index is -1.06. The van der Waals surface area contributed by atoms with Crippen LogP contribution in [0.1, 0.15) is 23.2 Å². The summed E-state index contributed by atoms with van der Waals surface area (Å²) in [5, 5.41) is 5.35. The summed E-state index contributed by atoms with van der Waals surface area (Å²) in [5.74, 6) is -1.28. The Morgan fingerprint density at radius 2 is 1.83 bits per heavy atom. The summed E-state index contributed by atoms with van der Waals surface area (Å²) in [6, 6.07) is 6.52. The molecule has 0 spiro atoms. The maximum Gasteiger partial charge on any atom is 0.339 e. The first-order chi connectivity index (χ1) is 11.0. The number of para-hydroxylation sites is 1. The molecular formula is C16H20N2O5. The van der Waals surface area contributed by atoms with Crippen molar-refractivity contribution in [2.75, 3.05) is 32.7 Å². The fourth-order valence-electron chi connectivity index (χ4n) is 2.24. The fraction of sp³-hybridized carbons (Fsp3) is 0.438. The highest BCUT2D eigenvalue weighted by Crippen LogP contribution is 2.47. The number of amides is 2. The van der Waals surface area contributed by atoms with Crippen molar-refractivity contribution in [1.29, 1.82) is 0 Å². The number of ether oxygens (including phenoxy) is 2. The van der Waals surface area contributed by atoms with E-state index in [0.717, 1.165) is 0 Å². The lowest BCUT2D eigenvalue weighted by atomic mass is 10.0. The SMILES string of the molecule is COCCNC(=O)C1(C(=O)Nc2ccccc2C(=O)OC)CC1. The zero-order valence-corrected chi connectivity index (χ0v) is 13.2. The highest BCUT2D eigenvalue weighted by Gasteiger charge is 2.56. The van der Waals surface area contributed by atoms with Crippen LogP contribution in [-0.4, -0.2) is 45.2 Å². The van der Waals surface area contributed by atoms with Gasteiger partial charge in [0.05, 0.1) is 25.0 Å². The Hall–Kier alpha value is -2.41. The van der Waals surface area contributed by atoms with E-state index < -0.39 is 17.3 Å². The summed E-state index contributed by atoms with van der Waals surface area (Å²) in [6.07, 6.45) is 0.968. The van der Waals surface area contributed by atoms with Gasteiger partial charge in [0, 0.05) is 13.7 Å². The summed E-state index contributed by atoms with van der Waals surface area (Å²) in [4.78, 5) is 36.4. The molecule has 0 bridgehead atoms. The van der Waals surface area contributed by atoms with Crippen molar-refractivity contribution in [3.8, 4) is 0 Å². The topological polar surface area (TPSA) is 93.7 Å². The van der Waals surface area contributed by atoms with E-state index >= 15 is 0 Å². The van der Waals surface area contributed by atoms with Gasteiger partial charge in [0.1, 0.15) is 5.41 Å². The van der Waals surface area contributed by atoms with E-state index in [4.69, 9.17) is 4.74 Å². The number of esters is 1. The normalized spacial score (nSPS) is 14.7. The number of benzene rings is 1. The van der Waals surface area contributed by atoms with Crippen LogP contribution in [0.2, 0.25) is 0 Å². The van der Waals surface area contributed by atoms with Crippen molar-refractivity contribution < 1.29 is 23.9 Å². The zero-order valence-electron chi connectivity index (χ0n) is 13.2. The highest BCUT2D eigenvalue weighted by atomic mass is 16.5. The van der Waals surface area contributed by atoms with E-state index in [1.807, 2.05) is 0 Å². The molecule has 0 heterocycles. The Labute approximate surface area is 134 Å². The second kappa shape index (κ2) is 7.23. The van der Waals surface area contributed by atoms with Crippen molar-refractivity contribution >= 4 is 23.5 Å². The Morgan fingerprint density at radius 3 is 2.43 bits per heavy atom. The van der Waals surface area contributed by atoms with E-state index in [2.05, 4.69) is 15.4 Å². The van der Waals surface area contributed by atoms with Crippen LogP contribution in [0.5, 0.6) is 0 Å². The van der Waals surface area contributed by atoms with Gasteiger partial charge in [-0.25, -0.2) is 4.79 Å². The van der Waals surface area contributed by atoms with Crippen molar-refractivity contribution in [2.45, 2.75) is 12.8 Å². The number of anilines is 1. The van der Waals surface area contributed by atoms with Crippen LogP contribution in [0.25, 0.3) is 0 Å². The second-order valence-electron chi connectivity index (χ2n) is 5.32. The van der Waals surface area contributed by atoms with Crippen LogP contribution < -0.4 is 10.6 Å². The van der Waals surface area contributed by atoms with Crippen molar-refractivity contribution in [3.63, 3.8) is 0 Å². The second-order valence-corrected chi connectivity index (χ2v) is 5.32. The molecule has 0 aromatic heterocycles. The molecule has 7 nitrogen and oxygen atoms in total. The van der Waals surface area contributed by atoms with E-state index in [9.17, 15) is 14.4 Å². The van der Waals surface area contributed by atoms with Crippen molar-refractivity contribution in [3.05, 3.63) is 29.8 Å². The molecule has 1 aliphatic rings. The largest absolute Gasteiger partial charge is 0.465 e. The minimum absolute atomic E-state index is 0.249. The summed E-state index contributed by atoms with van der Waals surface area (Å²) < 4.78 is 9.56. The molecule has 0 atom stereocenters. The molecule has 0 unspecified atom stereocenters. The molecule has 0 saturated heterocycles. The van der Waals surface area contributed by atoms with Gasteiger partial charge in [-0.15, -0.1) is 0 Å². The Kier molecular flexibility index (Phi) is 5.33. The predicted octanol–water partition coefficient (Wildman–Crippen LogP) is 0.954. The van der Waals surface area contributed by atoms with Crippen molar-refractivity contribution in [2.24, 2.45) is 5.41 Å². The smallest absolute Gasteiger partial charge is 0.339 e. The summed E-state index contributed by atoms with van der Waals surface area (Å²) in [5.41, 5.74) is -0.476. The van der Waals surface area contributed by atoms with Crippen LogP contribution in [0.3, 0.4) is 0 Å². The van der Waals surface area contributed by atoms with Gasteiger partial charge in [-0.2, -0.15) is 0 Å². The third kappa shape index (κ3) is 3.68. The molecule has 1 aliphatic carbocycles. The molecule has 124 valence electrons. The van der Waals surface area contributed by atoms with Gasteiger partial charge in [-0.3, -0.25) is 9.59 Å². The van der Waals surface area contributed by atoms with Gasteiger partial charge in [0.2, 0.25) is 11.8 Å². The number of carbonyl (C=O) groups is 3. The number of hydrogen-bond donors (Lipinski definition) is 2. The number of carbonyl (C=O) groups excluding carboxylic acids is 3. The Bertz CT molecular complexity index is 610. The zero-order chi connectivity index (χ0) is 16.9. The van der Waals surface area contributed by atoms with Crippen molar-refractivity contribution in [1.82, 2.24) is 5.32 Å². The minimum Gasteiger partial charge on any atom is -0.465 e. The molecule has 23 heavy (non-hydrogen) atoms. The maximum atomic E-state index is 12.5. The van der Waals surface area contributed by atoms with E-state index in [0.29, 0.717) is 31.7 Å². The first-order valence-electron chi connectivity index (χ1n) is 7.31. The van der Waals surface area contributed by atoms with Crippen LogP contribution in [0.4, 0.5) is 5.69 Å². The molecule has 1 aromatic rings. The fourth-order valence-corrected chi connectivity index (χ4v) is 2.24. The third-order valence-electron chi connectivity index (χ3n) is 3.79. The van der Waals surface area contributed by atoms with E-state index in [-0.39, 0.29) is 11.5 Å². The first kappa shape index (κ1) is 17.0. The molecule has 1 aromatic carbocycles. The third-order valence-corrected chi connectivity index (χ3v) is 3.79. The summed E-state index contributed by atoms with van der Waals surface area (Å²) >= 11 is 0. The van der Waals surface area contributed by atoms with Gasteiger partial charge in [-0.05, 0) is 25.0 Å². The average Bonchev–Trinajstić information content (AvgIpc) is 3.36. The molecule has 0 radical (unpaired) electrons. The molecule has 7 heteroatoms. The van der Waals surface area contributed by atoms with Gasteiger partial charge in [0.25, 0.3) is 0 Å². The molecule has 1 fully saturated rings. The average molecular weight is 320 g/mol. The van der Waals surface area contributed by atoms with E-state index in [1.165, 1.54) is 14.2 Å². The first-order valence-corrected chi connectivity index (χ1v) is 7.31. The highest BCUT2D eigenvalue weighted by molar-refractivity contribution is 6.14. The maximum absolute atomic E-state index is 12.5. The van der Waals surface area contributed by atoms with Crippen LogP contribution in [0.15, 0.2) is 24.3 Å². The molecule has 0 aliphatic heterocycles. The van der Waals surface area contributed by atoms with Crippen LogP contribution in [-0.2, 0) is 19.1 Å². The number of rotatable bonds is 7. The summed E-state index contributed by atoms with van der Waals surface area (Å²) in [7, 11) is 2.81. The molecular weight excluding hydrogens is 300 g/mol. The van der Waals surface area contributed by atoms with Gasteiger partial charge in [0.15, 0.2) is 0 Å². The lowest BCUT2D eigenvalue weighted by molar-refractivity contribution is -0.134. The molecule has 2 N–H and O–H groups in total. The Balaban J connectivity index is 2.08. The lowest BCUT2D eigenvalue weighted by Crippen LogP contribution is -2.41. The van der Waals surface area contributed by atoms with E-state index in [1.54, 1.807) is 24.3 Å². The van der Waals surface area contributed by atoms with Gasteiger partial charge >= 0.3 is 5.97 Å². The monoisotopic (exact) mass is 320 g/mol. The molecule has 2 amide bonds. The quantitative estimate of drug-likeness (QED) is 0.443. The standard InChI is InChI=1S/C16H20N2O5/c1-22-10-9-17-14(20)16(7-8-16)15(21)18-12-6-4-3-5-11(12)13(19)23-2/h3-6H,7-10H2,1-2H3,(H,17,20)(H,18,21). The lowest BCUT2D eigenvalue weighted by Gasteiger charge is -2.16. The Morgan fingerprint density at radius 1 is 1.13 bits per heavy atom. The number of nitrogens with one attached hydrogen (secondary N) is 2. The number of methoxy groups -OCH3 is 2. The molecule has 2 rings (SSSR count). The molecule has 1 saturated carbocycles. The number of hydrogen-bond acceptors (Lipinski definition) is 5. The predicted molar refractivity (Wildman–Crippen MR) is 83.0 cm³/mol.